The van der Waals surface area contributed by atoms with E-state index in [2.05, 4.69) is 11.8 Å². The molecule has 0 unspecified atom stereocenters. The van der Waals surface area contributed by atoms with E-state index in [9.17, 15) is 4.79 Å². The summed E-state index contributed by atoms with van der Waals surface area (Å²) in [6.45, 7) is 2.02. The molecule has 0 aromatic rings. The summed E-state index contributed by atoms with van der Waals surface area (Å²) in [7, 11) is 0. The molecule has 3 heteroatoms. The van der Waals surface area contributed by atoms with Gasteiger partial charge < -0.3 is 0 Å². The van der Waals surface area contributed by atoms with Crippen molar-refractivity contribution in [2.24, 2.45) is 0 Å². The lowest BCUT2D eigenvalue weighted by Gasteiger charge is -1.99. The summed E-state index contributed by atoms with van der Waals surface area (Å²) < 4.78 is 0. The summed E-state index contributed by atoms with van der Waals surface area (Å²) in [4.78, 5) is 14.6. The van der Waals surface area contributed by atoms with Crippen LogP contribution in [0.25, 0.3) is 0 Å². The van der Waals surface area contributed by atoms with Gasteiger partial charge >= 0.3 is 0 Å². The monoisotopic (exact) mass is 188 g/mol. The minimum absolute atomic E-state index is 0.0157. The lowest BCUT2D eigenvalue weighted by Crippen LogP contribution is -2.05. The van der Waals surface area contributed by atoms with Crippen LogP contribution in [0.15, 0.2) is 0 Å². The number of hydrogen-bond donors (Lipinski definition) is 1. The van der Waals surface area contributed by atoms with Gasteiger partial charge in [-0.05, 0) is 6.42 Å². The first-order valence-electron chi connectivity index (χ1n) is 5.09. The topological polar surface area (TPSA) is 46.5 Å². The highest BCUT2D eigenvalue weighted by atomic mass is 17.1. The standard InChI is InChI=1S/C10H20O3/c1-2-3-4-5-6-7-8-10(11)9-13-12/h12H,2-9H2,1H3. The first kappa shape index (κ1) is 12.6. The van der Waals surface area contributed by atoms with E-state index in [4.69, 9.17) is 5.26 Å². The van der Waals surface area contributed by atoms with Crippen LogP contribution in [0.2, 0.25) is 0 Å². The fourth-order valence-electron chi connectivity index (χ4n) is 1.25. The summed E-state index contributed by atoms with van der Waals surface area (Å²) in [6, 6.07) is 0. The molecule has 3 nitrogen and oxygen atoms in total. The largest absolute Gasteiger partial charge is 0.297 e. The molecule has 0 fully saturated rings. The van der Waals surface area contributed by atoms with E-state index < -0.39 is 0 Å². The van der Waals surface area contributed by atoms with Crippen LogP contribution in [-0.2, 0) is 9.68 Å². The average Bonchev–Trinajstić information content (AvgIpc) is 2.11. The molecule has 0 aliphatic rings. The molecule has 0 aromatic carbocycles. The zero-order chi connectivity index (χ0) is 9.94. The highest BCUT2D eigenvalue weighted by Gasteiger charge is 2.00. The normalized spacial score (nSPS) is 10.3. The minimum Gasteiger partial charge on any atom is -0.297 e. The van der Waals surface area contributed by atoms with Crippen molar-refractivity contribution in [3.63, 3.8) is 0 Å². The molecule has 0 atom stereocenters. The van der Waals surface area contributed by atoms with Gasteiger partial charge in [0.1, 0.15) is 6.61 Å². The lowest BCUT2D eigenvalue weighted by atomic mass is 10.1. The van der Waals surface area contributed by atoms with Crippen molar-refractivity contribution in [1.82, 2.24) is 0 Å². The van der Waals surface area contributed by atoms with E-state index in [1.165, 1.54) is 25.7 Å². The first-order valence-corrected chi connectivity index (χ1v) is 5.09. The summed E-state index contributed by atoms with van der Waals surface area (Å²) in [5.74, 6) is -0.0157. The second kappa shape index (κ2) is 9.68. The third-order valence-electron chi connectivity index (χ3n) is 2.03. The number of hydrogen-bond acceptors (Lipinski definition) is 3. The maximum absolute atomic E-state index is 10.8. The smallest absolute Gasteiger partial charge is 0.161 e. The van der Waals surface area contributed by atoms with Gasteiger partial charge in [0, 0.05) is 6.42 Å². The predicted molar refractivity (Wildman–Crippen MR) is 51.6 cm³/mol. The number of unbranched alkanes of at least 4 members (excludes halogenated alkanes) is 5. The van der Waals surface area contributed by atoms with Gasteiger partial charge in [0.2, 0.25) is 0 Å². The Balaban J connectivity index is 3.02. The first-order chi connectivity index (χ1) is 6.31. The van der Waals surface area contributed by atoms with Crippen LogP contribution in [-0.4, -0.2) is 17.6 Å². The highest BCUT2D eigenvalue weighted by Crippen LogP contribution is 2.06. The van der Waals surface area contributed by atoms with Crippen molar-refractivity contribution < 1.29 is 14.9 Å². The van der Waals surface area contributed by atoms with Gasteiger partial charge in [-0.15, -0.1) is 0 Å². The van der Waals surface area contributed by atoms with E-state index in [1.807, 2.05) is 0 Å². The third-order valence-corrected chi connectivity index (χ3v) is 2.03. The molecule has 1 N–H and O–H groups in total. The molecule has 0 aromatic heterocycles. The van der Waals surface area contributed by atoms with Crippen molar-refractivity contribution in [1.29, 1.82) is 0 Å². The third kappa shape index (κ3) is 9.50. The van der Waals surface area contributed by atoms with Crippen molar-refractivity contribution in [3.8, 4) is 0 Å². The molecule has 0 spiro atoms. The van der Waals surface area contributed by atoms with Gasteiger partial charge in [-0.3, -0.25) is 10.1 Å². The average molecular weight is 188 g/mol. The zero-order valence-corrected chi connectivity index (χ0v) is 8.42. The fraction of sp³-hybridized carbons (Fsp3) is 0.900. The van der Waals surface area contributed by atoms with Gasteiger partial charge in [0.15, 0.2) is 5.78 Å². The number of carbonyl (C=O) groups is 1. The Hall–Kier alpha value is -0.410. The molecule has 0 aliphatic carbocycles. The van der Waals surface area contributed by atoms with Crippen LogP contribution in [0.1, 0.15) is 51.9 Å². The zero-order valence-electron chi connectivity index (χ0n) is 8.42. The molecule has 78 valence electrons. The molecule has 0 heterocycles. The number of carbonyl (C=O) groups excluding carboxylic acids is 1. The van der Waals surface area contributed by atoms with Crippen molar-refractivity contribution in [2.45, 2.75) is 51.9 Å². The predicted octanol–water partition coefficient (Wildman–Crippen LogP) is 2.80. The van der Waals surface area contributed by atoms with Crippen molar-refractivity contribution >= 4 is 5.78 Å². The van der Waals surface area contributed by atoms with Crippen LogP contribution >= 0.6 is 0 Å². The van der Waals surface area contributed by atoms with Gasteiger partial charge in [-0.1, -0.05) is 39.0 Å². The Bertz CT molecular complexity index is 123. The Kier molecular flexibility index (Phi) is 9.37. The summed E-state index contributed by atoms with van der Waals surface area (Å²) in [5, 5.41) is 7.99. The maximum atomic E-state index is 10.8. The molecule has 13 heavy (non-hydrogen) atoms. The van der Waals surface area contributed by atoms with E-state index in [1.54, 1.807) is 0 Å². The minimum atomic E-state index is -0.158. The highest BCUT2D eigenvalue weighted by molar-refractivity contribution is 5.79. The Morgan fingerprint density at radius 2 is 1.77 bits per heavy atom. The number of Topliss-reactive ketones (excluding diaryl/α,β-unsaturated/α-hetero) is 1. The summed E-state index contributed by atoms with van der Waals surface area (Å²) in [5.41, 5.74) is 0. The quantitative estimate of drug-likeness (QED) is 0.344. The molecule has 0 amide bonds. The SMILES string of the molecule is CCCCCCCCC(=O)COO. The van der Waals surface area contributed by atoms with Crippen LogP contribution in [0.4, 0.5) is 0 Å². The van der Waals surface area contributed by atoms with Crippen molar-refractivity contribution in [3.05, 3.63) is 0 Å². The van der Waals surface area contributed by atoms with E-state index in [0.717, 1.165) is 12.8 Å². The fourth-order valence-corrected chi connectivity index (χ4v) is 1.25. The van der Waals surface area contributed by atoms with Crippen LogP contribution in [0.3, 0.4) is 0 Å². The Labute approximate surface area is 80.0 Å². The van der Waals surface area contributed by atoms with Gasteiger partial charge in [0.05, 0.1) is 0 Å². The molecule has 0 radical (unpaired) electrons. The molecular formula is C10H20O3. The Morgan fingerprint density at radius 3 is 2.38 bits per heavy atom. The molecule has 0 saturated carbocycles. The van der Waals surface area contributed by atoms with Crippen LogP contribution in [0.5, 0.6) is 0 Å². The van der Waals surface area contributed by atoms with Gasteiger partial charge in [-0.25, -0.2) is 4.89 Å². The Morgan fingerprint density at radius 1 is 1.15 bits per heavy atom. The molecule has 0 aliphatic heterocycles. The molecule has 0 saturated heterocycles. The molecule has 0 rings (SSSR count). The van der Waals surface area contributed by atoms with E-state index in [-0.39, 0.29) is 12.4 Å². The molecule has 0 bridgehead atoms. The second-order valence-electron chi connectivity index (χ2n) is 3.33. The van der Waals surface area contributed by atoms with Gasteiger partial charge in [-0.2, -0.15) is 0 Å². The summed E-state index contributed by atoms with van der Waals surface area (Å²) in [6.07, 6.45) is 7.57. The summed E-state index contributed by atoms with van der Waals surface area (Å²) >= 11 is 0. The van der Waals surface area contributed by atoms with Crippen molar-refractivity contribution in [2.75, 3.05) is 6.61 Å². The van der Waals surface area contributed by atoms with E-state index in [0.29, 0.717) is 6.42 Å². The second-order valence-corrected chi connectivity index (χ2v) is 3.33. The van der Waals surface area contributed by atoms with Crippen LogP contribution < -0.4 is 0 Å². The number of ketones is 1. The maximum Gasteiger partial charge on any atom is 0.161 e. The lowest BCUT2D eigenvalue weighted by molar-refractivity contribution is -0.238. The molecular weight excluding hydrogens is 168 g/mol. The van der Waals surface area contributed by atoms with Crippen LogP contribution in [0, 0.1) is 0 Å². The van der Waals surface area contributed by atoms with E-state index >= 15 is 0 Å². The van der Waals surface area contributed by atoms with Gasteiger partial charge in [0.25, 0.3) is 0 Å². The number of rotatable bonds is 9.